The first-order valence-electron chi connectivity index (χ1n) is 9.08. The highest BCUT2D eigenvalue weighted by Crippen LogP contribution is 2.13. The monoisotopic (exact) mass is 405 g/mol. The van der Waals surface area contributed by atoms with E-state index >= 15 is 0 Å². The number of amides is 2. The third-order valence-electron chi connectivity index (χ3n) is 3.75. The molecule has 0 aliphatic rings. The Balaban J connectivity index is 2.98. The third-order valence-corrected chi connectivity index (χ3v) is 3.75. The predicted octanol–water partition coefficient (Wildman–Crippen LogP) is 2.48. The summed E-state index contributed by atoms with van der Waals surface area (Å²) in [5.41, 5.74) is 9.15. The zero-order valence-electron chi connectivity index (χ0n) is 17.0. The highest BCUT2D eigenvalue weighted by Gasteiger charge is 2.30. The van der Waals surface area contributed by atoms with Crippen molar-refractivity contribution in [3.05, 3.63) is 46.3 Å². The fraction of sp³-hybridized carbons (Fsp3) is 0.526. The first-order valence-corrected chi connectivity index (χ1v) is 9.08. The van der Waals surface area contributed by atoms with Crippen LogP contribution in [0.2, 0.25) is 0 Å². The average Bonchev–Trinajstić information content (AvgIpc) is 2.66. The third kappa shape index (κ3) is 9.48. The van der Waals surface area contributed by atoms with Crippen molar-refractivity contribution < 1.29 is 23.9 Å². The minimum atomic E-state index is -1.28. The van der Waals surface area contributed by atoms with Crippen molar-refractivity contribution in [1.29, 1.82) is 0 Å². The van der Waals surface area contributed by atoms with Crippen LogP contribution in [0.1, 0.15) is 32.8 Å². The minimum absolute atomic E-state index is 0.304. The number of nitrogens with one attached hydrogen (secondary N) is 2. The fourth-order valence-electron chi connectivity index (χ4n) is 2.44. The molecule has 0 heterocycles. The second kappa shape index (κ2) is 11.6. The number of ether oxygens (including phenoxy) is 2. The summed E-state index contributed by atoms with van der Waals surface area (Å²) >= 11 is 0. The zero-order valence-corrected chi connectivity index (χ0v) is 17.0. The van der Waals surface area contributed by atoms with Crippen molar-refractivity contribution >= 4 is 18.0 Å². The summed E-state index contributed by atoms with van der Waals surface area (Å²) in [6.07, 6.45) is 0.0798. The number of esters is 1. The summed E-state index contributed by atoms with van der Waals surface area (Å²) < 4.78 is 9.73. The Hall–Kier alpha value is -3.26. The first-order chi connectivity index (χ1) is 13.7. The molecule has 0 radical (unpaired) electrons. The predicted molar refractivity (Wildman–Crippen MR) is 106 cm³/mol. The number of azide groups is 1. The van der Waals surface area contributed by atoms with Gasteiger partial charge in [0.05, 0.1) is 7.11 Å². The Bertz CT molecular complexity index is 741. The fourth-order valence-corrected chi connectivity index (χ4v) is 2.44. The molecule has 10 nitrogen and oxygen atoms in total. The topological polar surface area (TPSA) is 142 Å². The van der Waals surface area contributed by atoms with E-state index in [-0.39, 0.29) is 6.54 Å². The average molecular weight is 405 g/mol. The van der Waals surface area contributed by atoms with Crippen molar-refractivity contribution in [3.63, 3.8) is 0 Å². The summed E-state index contributed by atoms with van der Waals surface area (Å²) in [4.78, 5) is 38.7. The lowest BCUT2D eigenvalue weighted by molar-refractivity contribution is -0.141. The van der Waals surface area contributed by atoms with Crippen LogP contribution in [0, 0.1) is 0 Å². The molecule has 10 heteroatoms. The van der Waals surface area contributed by atoms with E-state index < -0.39 is 35.7 Å². The van der Waals surface area contributed by atoms with E-state index in [9.17, 15) is 14.4 Å². The molecule has 0 fully saturated rings. The number of rotatable bonds is 9. The lowest BCUT2D eigenvalue weighted by Crippen LogP contribution is -2.51. The van der Waals surface area contributed by atoms with Gasteiger partial charge in [0.2, 0.25) is 5.91 Å². The van der Waals surface area contributed by atoms with Crippen LogP contribution in [0.4, 0.5) is 4.79 Å². The van der Waals surface area contributed by atoms with Gasteiger partial charge in [-0.3, -0.25) is 9.59 Å². The van der Waals surface area contributed by atoms with E-state index in [1.54, 1.807) is 20.8 Å². The maximum atomic E-state index is 12.5. The van der Waals surface area contributed by atoms with E-state index in [0.717, 1.165) is 5.56 Å². The number of carbonyl (C=O) groups is 3. The Kier molecular flexibility index (Phi) is 9.47. The van der Waals surface area contributed by atoms with Gasteiger partial charge in [0.1, 0.15) is 18.2 Å². The number of aryl methyl sites for hydroxylation is 1. The zero-order chi connectivity index (χ0) is 21.9. The van der Waals surface area contributed by atoms with Crippen LogP contribution in [-0.2, 0) is 25.5 Å². The van der Waals surface area contributed by atoms with Gasteiger partial charge < -0.3 is 20.1 Å². The molecule has 0 aliphatic carbocycles. The van der Waals surface area contributed by atoms with Gasteiger partial charge in [-0.2, -0.15) is 0 Å². The van der Waals surface area contributed by atoms with Gasteiger partial charge in [-0.25, -0.2) is 4.79 Å². The quantitative estimate of drug-likeness (QED) is 0.281. The molecule has 2 amide bonds. The summed E-state index contributed by atoms with van der Waals surface area (Å²) in [7, 11) is 1.19. The van der Waals surface area contributed by atoms with E-state index in [4.69, 9.17) is 10.3 Å². The van der Waals surface area contributed by atoms with Gasteiger partial charge in [0.15, 0.2) is 0 Å². The molecule has 2 N–H and O–H groups in total. The number of alkyl carbamates (subject to hydrolysis) is 1. The van der Waals surface area contributed by atoms with Crippen molar-refractivity contribution in [2.75, 3.05) is 13.7 Å². The van der Waals surface area contributed by atoms with E-state index in [1.165, 1.54) is 7.11 Å². The second-order valence-electron chi connectivity index (χ2n) is 7.22. The van der Waals surface area contributed by atoms with Crippen LogP contribution in [0.3, 0.4) is 0 Å². The Morgan fingerprint density at radius 2 is 1.86 bits per heavy atom. The van der Waals surface area contributed by atoms with Gasteiger partial charge in [-0.1, -0.05) is 35.4 Å². The maximum absolute atomic E-state index is 12.5. The van der Waals surface area contributed by atoms with Crippen LogP contribution in [0.5, 0.6) is 0 Å². The summed E-state index contributed by atoms with van der Waals surface area (Å²) in [6.45, 7) is 4.74. The number of benzene rings is 1. The maximum Gasteiger partial charge on any atom is 0.407 e. The smallest absolute Gasteiger partial charge is 0.407 e. The van der Waals surface area contributed by atoms with Crippen LogP contribution in [-0.4, -0.2) is 49.3 Å². The molecule has 0 aromatic heterocycles. The molecule has 0 saturated heterocycles. The lowest BCUT2D eigenvalue weighted by Gasteiger charge is -2.26. The van der Waals surface area contributed by atoms with E-state index in [1.807, 2.05) is 30.3 Å². The van der Waals surface area contributed by atoms with Crippen molar-refractivity contribution in [3.8, 4) is 0 Å². The number of hydrogen-bond acceptors (Lipinski definition) is 6. The van der Waals surface area contributed by atoms with Crippen LogP contribution < -0.4 is 10.6 Å². The number of methoxy groups -OCH3 is 1. The van der Waals surface area contributed by atoms with Crippen molar-refractivity contribution in [2.24, 2.45) is 5.11 Å². The van der Waals surface area contributed by atoms with Crippen LogP contribution >= 0.6 is 0 Å². The molecular weight excluding hydrogens is 378 g/mol. The molecule has 0 saturated carbocycles. The molecule has 158 valence electrons. The molecule has 1 rings (SSSR count). The first kappa shape index (κ1) is 23.8. The van der Waals surface area contributed by atoms with Crippen LogP contribution in [0.15, 0.2) is 35.4 Å². The normalized spacial score (nSPS) is 12.7. The molecule has 0 spiro atoms. The summed E-state index contributed by atoms with van der Waals surface area (Å²) in [5.74, 6) is -1.36. The number of carbonyl (C=O) groups excluding carboxylic acids is 3. The highest BCUT2D eigenvalue weighted by atomic mass is 16.6. The molecule has 1 aromatic rings. The molecule has 0 bridgehead atoms. The van der Waals surface area contributed by atoms with E-state index in [0.29, 0.717) is 12.8 Å². The summed E-state index contributed by atoms with van der Waals surface area (Å²) in [6, 6.07) is 7.32. The molecule has 0 unspecified atom stereocenters. The van der Waals surface area contributed by atoms with Gasteiger partial charge in [-0.05, 0) is 44.7 Å². The summed E-state index contributed by atoms with van der Waals surface area (Å²) in [5, 5.41) is 8.49. The minimum Gasteiger partial charge on any atom is -0.468 e. The van der Waals surface area contributed by atoms with Crippen molar-refractivity contribution in [2.45, 2.75) is 51.3 Å². The molecule has 1 aromatic carbocycles. The van der Waals surface area contributed by atoms with Crippen LogP contribution in [0.25, 0.3) is 10.4 Å². The highest BCUT2D eigenvalue weighted by molar-refractivity contribution is 5.87. The molecule has 0 aliphatic heterocycles. The lowest BCUT2D eigenvalue weighted by atomic mass is 9.99. The standard InChI is InChI=1S/C19H27N5O5/c1-19(2,3)29-18(27)22-14(11-10-13-8-6-5-7-9-13)16(23-24-20)17(26)21-12-15(25)28-4/h5-9,14,16H,10-12H2,1-4H3,(H,21,26)(H,22,27)/t14-,16-/m1/s1. The SMILES string of the molecule is COC(=O)CNC(=O)[C@H](N=[N+]=[N-])[C@@H](CCc1ccccc1)NC(=O)OC(C)(C)C. The Morgan fingerprint density at radius 1 is 1.21 bits per heavy atom. The van der Waals surface area contributed by atoms with E-state index in [2.05, 4.69) is 25.4 Å². The molecule has 2 atom stereocenters. The number of nitrogens with zero attached hydrogens (tertiary/aromatic N) is 3. The van der Waals surface area contributed by atoms with Gasteiger partial charge >= 0.3 is 12.1 Å². The Morgan fingerprint density at radius 3 is 2.41 bits per heavy atom. The largest absolute Gasteiger partial charge is 0.468 e. The molecule has 29 heavy (non-hydrogen) atoms. The van der Waals surface area contributed by atoms with Gasteiger partial charge in [-0.15, -0.1) is 0 Å². The number of hydrogen-bond donors (Lipinski definition) is 2. The van der Waals surface area contributed by atoms with Crippen molar-refractivity contribution in [1.82, 2.24) is 10.6 Å². The Labute approximate surface area is 169 Å². The van der Waals surface area contributed by atoms with Gasteiger partial charge in [0, 0.05) is 11.0 Å². The second-order valence-corrected chi connectivity index (χ2v) is 7.22. The van der Waals surface area contributed by atoms with Gasteiger partial charge in [0.25, 0.3) is 0 Å². The molecular formula is C19H27N5O5.